The average molecular weight is 319 g/mol. The fourth-order valence-electron chi connectivity index (χ4n) is 1.90. The van der Waals surface area contributed by atoms with Crippen LogP contribution in [0.4, 0.5) is 11.6 Å². The van der Waals surface area contributed by atoms with Gasteiger partial charge < -0.3 is 10.2 Å². The molecule has 1 N–H and O–H groups in total. The first-order chi connectivity index (χ1) is 10.6. The van der Waals surface area contributed by atoms with Gasteiger partial charge in [-0.3, -0.25) is 4.79 Å². The molecule has 0 radical (unpaired) electrons. The molecule has 1 heterocycles. The molecule has 0 aliphatic rings. The molecular weight excluding hydrogens is 300 g/mol. The van der Waals surface area contributed by atoms with Crippen LogP contribution in [0.5, 0.6) is 0 Å². The van der Waals surface area contributed by atoms with Gasteiger partial charge in [0.05, 0.1) is 5.56 Å². The van der Waals surface area contributed by atoms with Crippen LogP contribution in [0.3, 0.4) is 0 Å². The van der Waals surface area contributed by atoms with E-state index in [-0.39, 0.29) is 5.91 Å². The molecule has 1 amide bonds. The van der Waals surface area contributed by atoms with Crippen LogP contribution in [-0.4, -0.2) is 29.5 Å². The Balaban J connectivity index is 2.02. The first-order valence-corrected chi connectivity index (χ1v) is 7.58. The largest absolute Gasteiger partial charge is 0.344 e. The minimum absolute atomic E-state index is 0.259. The summed E-state index contributed by atoms with van der Waals surface area (Å²) in [6.07, 6.45) is 5.26. The number of halogens is 1. The summed E-state index contributed by atoms with van der Waals surface area (Å²) in [5.41, 5.74) is 1.05. The summed E-state index contributed by atoms with van der Waals surface area (Å²) >= 11 is 5.89. The predicted molar refractivity (Wildman–Crippen MR) is 89.6 cm³/mol. The standard InChI is InChI=1S/C16H19ClN4O/c1-3-4-8-21(2)16-18-10-12(11-19-16)15(22)20-14-7-5-6-13(17)9-14/h5-7,9-11H,3-4,8H2,1-2H3,(H,20,22). The SMILES string of the molecule is CCCCN(C)c1ncc(C(=O)Nc2cccc(Cl)c2)cn1. The second-order valence-electron chi connectivity index (χ2n) is 5.01. The number of rotatable bonds is 6. The van der Waals surface area contributed by atoms with Crippen molar-refractivity contribution in [1.29, 1.82) is 0 Å². The minimum Gasteiger partial charge on any atom is -0.344 e. The van der Waals surface area contributed by atoms with Crippen LogP contribution in [0.25, 0.3) is 0 Å². The molecule has 0 saturated heterocycles. The Kier molecular flexibility index (Phi) is 5.72. The number of hydrogen-bond donors (Lipinski definition) is 1. The van der Waals surface area contributed by atoms with Gasteiger partial charge in [0.15, 0.2) is 0 Å². The number of unbranched alkanes of at least 4 members (excludes halogenated alkanes) is 1. The summed E-state index contributed by atoms with van der Waals surface area (Å²) in [6, 6.07) is 6.99. The summed E-state index contributed by atoms with van der Waals surface area (Å²) in [5, 5.41) is 3.34. The van der Waals surface area contributed by atoms with Gasteiger partial charge in [-0.2, -0.15) is 0 Å². The molecular formula is C16H19ClN4O. The molecule has 0 fully saturated rings. The average Bonchev–Trinajstić information content (AvgIpc) is 2.52. The Morgan fingerprint density at radius 2 is 2.05 bits per heavy atom. The van der Waals surface area contributed by atoms with E-state index in [9.17, 15) is 4.79 Å². The number of carbonyl (C=O) groups excluding carboxylic acids is 1. The van der Waals surface area contributed by atoms with E-state index < -0.39 is 0 Å². The van der Waals surface area contributed by atoms with Crippen LogP contribution < -0.4 is 10.2 Å². The van der Waals surface area contributed by atoms with E-state index in [1.165, 1.54) is 12.4 Å². The van der Waals surface area contributed by atoms with Gasteiger partial charge in [0.2, 0.25) is 5.95 Å². The molecule has 1 aromatic heterocycles. The molecule has 0 spiro atoms. The second kappa shape index (κ2) is 7.75. The lowest BCUT2D eigenvalue weighted by Gasteiger charge is -2.16. The van der Waals surface area contributed by atoms with Crippen molar-refractivity contribution in [1.82, 2.24) is 9.97 Å². The van der Waals surface area contributed by atoms with Gasteiger partial charge in [0.25, 0.3) is 5.91 Å². The van der Waals surface area contributed by atoms with Crippen molar-refractivity contribution >= 4 is 29.1 Å². The summed E-state index contributed by atoms with van der Waals surface area (Å²) < 4.78 is 0. The number of benzene rings is 1. The minimum atomic E-state index is -0.259. The van der Waals surface area contributed by atoms with Crippen molar-refractivity contribution in [3.63, 3.8) is 0 Å². The number of amides is 1. The summed E-state index contributed by atoms with van der Waals surface area (Å²) in [4.78, 5) is 22.6. The molecule has 2 aromatic rings. The van der Waals surface area contributed by atoms with Gasteiger partial charge in [-0.05, 0) is 24.6 Å². The van der Waals surface area contributed by atoms with Crippen molar-refractivity contribution in [2.45, 2.75) is 19.8 Å². The number of nitrogens with zero attached hydrogens (tertiary/aromatic N) is 3. The Labute approximate surface area is 135 Å². The molecule has 116 valence electrons. The van der Waals surface area contributed by atoms with Crippen LogP contribution in [0.15, 0.2) is 36.7 Å². The van der Waals surface area contributed by atoms with Gasteiger partial charge in [-0.1, -0.05) is 31.0 Å². The fourth-order valence-corrected chi connectivity index (χ4v) is 2.09. The van der Waals surface area contributed by atoms with Crippen LogP contribution in [0.2, 0.25) is 5.02 Å². The van der Waals surface area contributed by atoms with Gasteiger partial charge in [-0.15, -0.1) is 0 Å². The highest BCUT2D eigenvalue weighted by Crippen LogP contribution is 2.16. The molecule has 0 aliphatic carbocycles. The van der Waals surface area contributed by atoms with Crippen LogP contribution >= 0.6 is 11.6 Å². The van der Waals surface area contributed by atoms with Gasteiger partial charge in [0.1, 0.15) is 0 Å². The maximum Gasteiger partial charge on any atom is 0.258 e. The Morgan fingerprint density at radius 3 is 2.68 bits per heavy atom. The maximum atomic E-state index is 12.1. The highest BCUT2D eigenvalue weighted by Gasteiger charge is 2.09. The van der Waals surface area contributed by atoms with Crippen LogP contribution in [0.1, 0.15) is 30.1 Å². The zero-order valence-corrected chi connectivity index (χ0v) is 13.5. The topological polar surface area (TPSA) is 58.1 Å². The van der Waals surface area contributed by atoms with E-state index in [1.54, 1.807) is 24.3 Å². The number of anilines is 2. The Morgan fingerprint density at radius 1 is 1.32 bits per heavy atom. The first-order valence-electron chi connectivity index (χ1n) is 7.20. The molecule has 2 rings (SSSR count). The van der Waals surface area contributed by atoms with Gasteiger partial charge in [0, 0.05) is 36.7 Å². The van der Waals surface area contributed by atoms with E-state index in [2.05, 4.69) is 22.2 Å². The van der Waals surface area contributed by atoms with Crippen molar-refractivity contribution < 1.29 is 4.79 Å². The lowest BCUT2D eigenvalue weighted by molar-refractivity contribution is 0.102. The third kappa shape index (κ3) is 4.43. The molecule has 1 aromatic carbocycles. The highest BCUT2D eigenvalue weighted by molar-refractivity contribution is 6.30. The molecule has 0 saturated carbocycles. The van der Waals surface area contributed by atoms with E-state index >= 15 is 0 Å². The zero-order valence-electron chi connectivity index (χ0n) is 12.7. The summed E-state index contributed by atoms with van der Waals surface area (Å²) in [7, 11) is 1.94. The van der Waals surface area contributed by atoms with Crippen molar-refractivity contribution in [3.8, 4) is 0 Å². The molecule has 5 nitrogen and oxygen atoms in total. The van der Waals surface area contributed by atoms with E-state index in [0.29, 0.717) is 22.2 Å². The van der Waals surface area contributed by atoms with Crippen molar-refractivity contribution in [2.24, 2.45) is 0 Å². The number of carbonyl (C=O) groups is 1. The Bertz CT molecular complexity index is 630. The van der Waals surface area contributed by atoms with Gasteiger partial charge in [-0.25, -0.2) is 9.97 Å². The number of aromatic nitrogens is 2. The smallest absolute Gasteiger partial charge is 0.258 e. The van der Waals surface area contributed by atoms with E-state index in [4.69, 9.17) is 11.6 Å². The molecule has 22 heavy (non-hydrogen) atoms. The quantitative estimate of drug-likeness (QED) is 0.883. The summed E-state index contributed by atoms with van der Waals surface area (Å²) in [6.45, 7) is 3.03. The molecule has 6 heteroatoms. The molecule has 0 aliphatic heterocycles. The molecule has 0 bridgehead atoms. The zero-order chi connectivity index (χ0) is 15.9. The van der Waals surface area contributed by atoms with E-state index in [1.807, 2.05) is 11.9 Å². The normalized spacial score (nSPS) is 10.3. The van der Waals surface area contributed by atoms with Gasteiger partial charge >= 0.3 is 0 Å². The Hall–Kier alpha value is -2.14. The summed E-state index contributed by atoms with van der Waals surface area (Å²) in [5.74, 6) is 0.359. The third-order valence-corrected chi connectivity index (χ3v) is 3.41. The van der Waals surface area contributed by atoms with E-state index in [0.717, 1.165) is 19.4 Å². The monoisotopic (exact) mass is 318 g/mol. The lowest BCUT2D eigenvalue weighted by Crippen LogP contribution is -2.21. The first kappa shape index (κ1) is 16.2. The maximum absolute atomic E-state index is 12.1. The van der Waals surface area contributed by atoms with Crippen molar-refractivity contribution in [2.75, 3.05) is 23.8 Å². The second-order valence-corrected chi connectivity index (χ2v) is 5.45. The lowest BCUT2D eigenvalue weighted by atomic mass is 10.3. The predicted octanol–water partition coefficient (Wildman–Crippen LogP) is 3.62. The van der Waals surface area contributed by atoms with Crippen LogP contribution in [0, 0.1) is 0 Å². The molecule has 0 unspecified atom stereocenters. The number of nitrogens with one attached hydrogen (secondary N) is 1. The van der Waals surface area contributed by atoms with Crippen LogP contribution in [-0.2, 0) is 0 Å². The van der Waals surface area contributed by atoms with Crippen molar-refractivity contribution in [3.05, 3.63) is 47.2 Å². The highest BCUT2D eigenvalue weighted by atomic mass is 35.5. The molecule has 0 atom stereocenters. The fraction of sp³-hybridized carbons (Fsp3) is 0.312. The number of hydrogen-bond acceptors (Lipinski definition) is 4. The third-order valence-electron chi connectivity index (χ3n) is 3.17.